The van der Waals surface area contributed by atoms with Gasteiger partial charge in [-0.2, -0.15) is 0 Å². The number of carbonyl (C=O) groups excluding carboxylic acids is 1. The number of nitrogens with zero attached hydrogens (tertiary/aromatic N) is 1. The molecular weight excluding hydrogens is 384 g/mol. The molecule has 1 aliphatic rings. The van der Waals surface area contributed by atoms with Crippen LogP contribution in [0.2, 0.25) is 0 Å². The molecule has 2 aromatic carbocycles. The Morgan fingerprint density at radius 2 is 1.77 bits per heavy atom. The van der Waals surface area contributed by atoms with Crippen LogP contribution in [0.3, 0.4) is 0 Å². The standard InChI is InChI=1S/C23H24N2O5/c1-15-20(16(2)30-25-15)14-29-19-6-3-17(4-7-19)12-23(26)24-13-18-5-8-21-22(11-18)28-10-9-27-21/h3-8,11H,9-10,12-14H2,1-2H3,(H,24,26). The van der Waals surface area contributed by atoms with Gasteiger partial charge in [-0.05, 0) is 49.2 Å². The van der Waals surface area contributed by atoms with Crippen molar-refractivity contribution < 1.29 is 23.5 Å². The van der Waals surface area contributed by atoms with Crippen LogP contribution in [0.4, 0.5) is 0 Å². The number of rotatable bonds is 7. The third-order valence-electron chi connectivity index (χ3n) is 4.95. The Morgan fingerprint density at radius 3 is 2.50 bits per heavy atom. The average molecular weight is 408 g/mol. The number of nitrogens with one attached hydrogen (secondary N) is 1. The van der Waals surface area contributed by atoms with E-state index in [2.05, 4.69) is 10.5 Å². The number of ether oxygens (including phenoxy) is 3. The van der Waals surface area contributed by atoms with E-state index in [-0.39, 0.29) is 5.91 Å². The third kappa shape index (κ3) is 4.74. The minimum atomic E-state index is -0.0470. The van der Waals surface area contributed by atoms with Crippen LogP contribution in [-0.4, -0.2) is 24.3 Å². The molecule has 0 bridgehead atoms. The first-order valence-electron chi connectivity index (χ1n) is 9.87. The van der Waals surface area contributed by atoms with Crippen LogP contribution >= 0.6 is 0 Å². The van der Waals surface area contributed by atoms with Crippen molar-refractivity contribution in [2.75, 3.05) is 13.2 Å². The number of carbonyl (C=O) groups is 1. The molecule has 1 aliphatic heterocycles. The zero-order chi connectivity index (χ0) is 20.9. The molecule has 0 radical (unpaired) electrons. The van der Waals surface area contributed by atoms with Crippen molar-refractivity contribution in [1.82, 2.24) is 10.5 Å². The quantitative estimate of drug-likeness (QED) is 0.644. The molecule has 156 valence electrons. The van der Waals surface area contributed by atoms with Crippen LogP contribution in [0.25, 0.3) is 0 Å². The summed E-state index contributed by atoms with van der Waals surface area (Å²) >= 11 is 0. The van der Waals surface area contributed by atoms with Gasteiger partial charge in [-0.3, -0.25) is 4.79 Å². The first-order chi connectivity index (χ1) is 14.6. The maximum atomic E-state index is 12.3. The normalized spacial score (nSPS) is 12.5. The molecule has 3 aromatic rings. The van der Waals surface area contributed by atoms with Crippen LogP contribution in [0.5, 0.6) is 17.2 Å². The van der Waals surface area contributed by atoms with Crippen LogP contribution in [0, 0.1) is 13.8 Å². The summed E-state index contributed by atoms with van der Waals surface area (Å²) in [4.78, 5) is 12.3. The summed E-state index contributed by atoms with van der Waals surface area (Å²) in [5.74, 6) is 2.91. The molecule has 1 aromatic heterocycles. The molecule has 0 unspecified atom stereocenters. The van der Waals surface area contributed by atoms with Crippen molar-refractivity contribution in [2.24, 2.45) is 0 Å². The zero-order valence-electron chi connectivity index (χ0n) is 17.1. The topological polar surface area (TPSA) is 82.8 Å². The van der Waals surface area contributed by atoms with E-state index in [1.165, 1.54) is 0 Å². The van der Waals surface area contributed by atoms with E-state index in [9.17, 15) is 4.79 Å². The Bertz CT molecular complexity index is 1010. The lowest BCUT2D eigenvalue weighted by Gasteiger charge is -2.19. The van der Waals surface area contributed by atoms with Crippen LogP contribution in [-0.2, 0) is 24.4 Å². The Kier molecular flexibility index (Phi) is 5.88. The van der Waals surface area contributed by atoms with Gasteiger partial charge in [-0.25, -0.2) is 0 Å². The van der Waals surface area contributed by atoms with Gasteiger partial charge in [-0.15, -0.1) is 0 Å². The molecule has 30 heavy (non-hydrogen) atoms. The second-order valence-electron chi connectivity index (χ2n) is 7.17. The lowest BCUT2D eigenvalue weighted by atomic mass is 10.1. The fraction of sp³-hybridized carbons (Fsp3) is 0.304. The highest BCUT2D eigenvalue weighted by molar-refractivity contribution is 5.78. The maximum Gasteiger partial charge on any atom is 0.224 e. The van der Waals surface area contributed by atoms with Crippen LogP contribution < -0.4 is 19.5 Å². The van der Waals surface area contributed by atoms with E-state index in [1.807, 2.05) is 56.3 Å². The molecule has 2 heterocycles. The highest BCUT2D eigenvalue weighted by Gasteiger charge is 2.12. The van der Waals surface area contributed by atoms with Crippen molar-refractivity contribution in [2.45, 2.75) is 33.4 Å². The highest BCUT2D eigenvalue weighted by atomic mass is 16.6. The Balaban J connectivity index is 1.26. The summed E-state index contributed by atoms with van der Waals surface area (Å²) in [6.45, 7) is 5.70. The van der Waals surface area contributed by atoms with Gasteiger partial charge in [0.15, 0.2) is 11.5 Å². The van der Waals surface area contributed by atoms with Crippen molar-refractivity contribution >= 4 is 5.91 Å². The second-order valence-corrected chi connectivity index (χ2v) is 7.17. The van der Waals surface area contributed by atoms with Crippen molar-refractivity contribution in [3.8, 4) is 17.2 Å². The summed E-state index contributed by atoms with van der Waals surface area (Å²) in [5.41, 5.74) is 3.67. The predicted octanol–water partition coefficient (Wildman–Crippen LogP) is 3.50. The number of hydrogen-bond acceptors (Lipinski definition) is 6. The number of benzene rings is 2. The van der Waals surface area contributed by atoms with Crippen LogP contribution in [0.15, 0.2) is 47.0 Å². The average Bonchev–Trinajstić information content (AvgIpc) is 3.09. The maximum absolute atomic E-state index is 12.3. The van der Waals surface area contributed by atoms with Crippen molar-refractivity contribution in [3.63, 3.8) is 0 Å². The lowest BCUT2D eigenvalue weighted by molar-refractivity contribution is -0.120. The predicted molar refractivity (Wildman–Crippen MR) is 110 cm³/mol. The number of amides is 1. The molecule has 1 N–H and O–H groups in total. The molecule has 7 nitrogen and oxygen atoms in total. The third-order valence-corrected chi connectivity index (χ3v) is 4.95. The van der Waals surface area contributed by atoms with Gasteiger partial charge >= 0.3 is 0 Å². The molecule has 7 heteroatoms. The number of aryl methyl sites for hydroxylation is 2. The Hall–Kier alpha value is -3.48. The van der Waals surface area contributed by atoms with E-state index in [0.717, 1.165) is 45.4 Å². The van der Waals surface area contributed by atoms with Gasteiger partial charge in [0.25, 0.3) is 0 Å². The second kappa shape index (κ2) is 8.90. The van der Waals surface area contributed by atoms with E-state index < -0.39 is 0 Å². The molecule has 0 saturated heterocycles. The summed E-state index contributed by atoms with van der Waals surface area (Å²) in [6.07, 6.45) is 0.300. The van der Waals surface area contributed by atoms with Crippen molar-refractivity contribution in [3.05, 3.63) is 70.6 Å². The molecule has 0 spiro atoms. The SMILES string of the molecule is Cc1noc(C)c1COc1ccc(CC(=O)NCc2ccc3c(c2)OCCO3)cc1. The Morgan fingerprint density at radius 1 is 1.03 bits per heavy atom. The fourth-order valence-corrected chi connectivity index (χ4v) is 3.21. The van der Waals surface area contributed by atoms with Gasteiger partial charge < -0.3 is 24.1 Å². The molecule has 0 fully saturated rings. The van der Waals surface area contributed by atoms with Gasteiger partial charge in [0, 0.05) is 6.54 Å². The minimum absolute atomic E-state index is 0.0470. The summed E-state index contributed by atoms with van der Waals surface area (Å²) in [5, 5.41) is 6.86. The first-order valence-corrected chi connectivity index (χ1v) is 9.87. The van der Waals surface area contributed by atoms with Crippen molar-refractivity contribution in [1.29, 1.82) is 0 Å². The molecule has 1 amide bonds. The van der Waals surface area contributed by atoms with E-state index in [4.69, 9.17) is 18.7 Å². The smallest absolute Gasteiger partial charge is 0.224 e. The molecule has 0 aliphatic carbocycles. The molecule has 4 rings (SSSR count). The number of aromatic nitrogens is 1. The van der Waals surface area contributed by atoms with Gasteiger partial charge in [-0.1, -0.05) is 23.4 Å². The summed E-state index contributed by atoms with van der Waals surface area (Å²) < 4.78 is 22.0. The number of hydrogen-bond donors (Lipinski definition) is 1. The van der Waals surface area contributed by atoms with Crippen LogP contribution in [0.1, 0.15) is 28.1 Å². The summed E-state index contributed by atoms with van der Waals surface area (Å²) in [6, 6.07) is 13.2. The molecule has 0 saturated carbocycles. The van der Waals surface area contributed by atoms with Gasteiger partial charge in [0.2, 0.25) is 5.91 Å². The van der Waals surface area contributed by atoms with E-state index in [1.54, 1.807) is 0 Å². The first kappa shape index (κ1) is 19.8. The summed E-state index contributed by atoms with van der Waals surface area (Å²) in [7, 11) is 0. The minimum Gasteiger partial charge on any atom is -0.489 e. The molecular formula is C23H24N2O5. The largest absolute Gasteiger partial charge is 0.489 e. The Labute approximate surface area is 174 Å². The van der Waals surface area contributed by atoms with E-state index >= 15 is 0 Å². The van der Waals surface area contributed by atoms with Gasteiger partial charge in [0.05, 0.1) is 17.7 Å². The van der Waals surface area contributed by atoms with E-state index in [0.29, 0.717) is 32.8 Å². The zero-order valence-corrected chi connectivity index (χ0v) is 17.1. The lowest BCUT2D eigenvalue weighted by Crippen LogP contribution is -2.24. The fourth-order valence-electron chi connectivity index (χ4n) is 3.21. The monoisotopic (exact) mass is 408 g/mol. The highest BCUT2D eigenvalue weighted by Crippen LogP contribution is 2.30. The van der Waals surface area contributed by atoms with Gasteiger partial charge in [0.1, 0.15) is 31.3 Å². The number of fused-ring (bicyclic) bond motifs is 1. The molecule has 0 atom stereocenters.